The van der Waals surface area contributed by atoms with Gasteiger partial charge in [-0.15, -0.1) is 0 Å². The molecule has 84 valence electrons. The van der Waals surface area contributed by atoms with Crippen molar-refractivity contribution >= 4 is 0 Å². The number of aliphatic hydroxyl groups excluding tert-OH is 1. The van der Waals surface area contributed by atoms with E-state index in [1.54, 1.807) is 0 Å². The molecule has 15 heavy (non-hydrogen) atoms. The molecule has 0 fully saturated rings. The molecule has 1 aromatic rings. The fourth-order valence-electron chi connectivity index (χ4n) is 1.10. The summed E-state index contributed by atoms with van der Waals surface area (Å²) < 4.78 is 60.7. The number of alkyl halides is 3. The molecular weight excluding hydrogens is 219 g/mol. The lowest BCUT2D eigenvalue weighted by molar-refractivity contribution is -0.154. The van der Waals surface area contributed by atoms with Crippen LogP contribution in [0.3, 0.4) is 0 Å². The maximum Gasteiger partial charge on any atom is 0.391 e. The molecule has 1 nitrogen and oxygen atoms in total. The van der Waals surface area contributed by atoms with Gasteiger partial charge < -0.3 is 5.11 Å². The Morgan fingerprint density at radius 2 is 1.53 bits per heavy atom. The second kappa shape index (κ2) is 4.14. The van der Waals surface area contributed by atoms with E-state index in [1.165, 1.54) is 0 Å². The molecule has 0 amide bonds. The lowest BCUT2D eigenvalue weighted by Crippen LogP contribution is -2.13. The minimum atomic E-state index is -4.58. The highest BCUT2D eigenvalue weighted by Crippen LogP contribution is 2.29. The minimum Gasteiger partial charge on any atom is -0.388 e. The van der Waals surface area contributed by atoms with E-state index in [0.29, 0.717) is 18.2 Å². The second-order valence-corrected chi connectivity index (χ2v) is 3.04. The first kappa shape index (κ1) is 11.9. The number of hydrogen-bond donors (Lipinski definition) is 1. The number of aliphatic hydroxyl groups is 1. The van der Waals surface area contributed by atoms with Crippen LogP contribution in [-0.4, -0.2) is 11.3 Å². The van der Waals surface area contributed by atoms with Gasteiger partial charge in [0.2, 0.25) is 0 Å². The Labute approximate surface area is 82.1 Å². The van der Waals surface area contributed by atoms with E-state index >= 15 is 0 Å². The number of halogens is 5. The van der Waals surface area contributed by atoms with Crippen LogP contribution in [0.5, 0.6) is 0 Å². The Morgan fingerprint density at radius 1 is 1.07 bits per heavy atom. The third-order valence-corrected chi connectivity index (χ3v) is 1.69. The van der Waals surface area contributed by atoms with Crippen LogP contribution in [0.1, 0.15) is 18.1 Å². The highest BCUT2D eigenvalue weighted by Gasteiger charge is 2.32. The average Bonchev–Trinajstić information content (AvgIpc) is 1.98. The van der Waals surface area contributed by atoms with Crippen molar-refractivity contribution in [2.24, 2.45) is 0 Å². The van der Waals surface area contributed by atoms with Crippen LogP contribution < -0.4 is 0 Å². The SMILES string of the molecule is OC(CC(F)(F)F)c1cc(F)cc(F)c1. The predicted molar refractivity (Wildman–Crippen MR) is 42.0 cm³/mol. The van der Waals surface area contributed by atoms with Crippen LogP contribution in [0.4, 0.5) is 22.0 Å². The fourth-order valence-corrected chi connectivity index (χ4v) is 1.10. The summed E-state index contributed by atoms with van der Waals surface area (Å²) in [6.07, 6.45) is -8.06. The van der Waals surface area contributed by atoms with Gasteiger partial charge in [-0.1, -0.05) is 0 Å². The smallest absolute Gasteiger partial charge is 0.388 e. The fraction of sp³-hybridized carbons (Fsp3) is 0.333. The summed E-state index contributed by atoms with van der Waals surface area (Å²) in [6.45, 7) is 0. The van der Waals surface area contributed by atoms with Gasteiger partial charge in [0, 0.05) is 6.07 Å². The third kappa shape index (κ3) is 3.83. The van der Waals surface area contributed by atoms with Crippen LogP contribution in [0.2, 0.25) is 0 Å². The monoisotopic (exact) mass is 226 g/mol. The molecule has 1 unspecified atom stereocenters. The van der Waals surface area contributed by atoms with Crippen LogP contribution in [-0.2, 0) is 0 Å². The van der Waals surface area contributed by atoms with Gasteiger partial charge in [-0.2, -0.15) is 13.2 Å². The van der Waals surface area contributed by atoms with Crippen LogP contribution in [0, 0.1) is 11.6 Å². The first-order valence-corrected chi connectivity index (χ1v) is 3.99. The highest BCUT2D eigenvalue weighted by atomic mass is 19.4. The third-order valence-electron chi connectivity index (χ3n) is 1.69. The Bertz CT molecular complexity index is 327. The number of rotatable bonds is 2. The van der Waals surface area contributed by atoms with E-state index in [0.717, 1.165) is 0 Å². The van der Waals surface area contributed by atoms with Crippen LogP contribution in [0.25, 0.3) is 0 Å². The van der Waals surface area contributed by atoms with Gasteiger partial charge in [0.15, 0.2) is 0 Å². The summed E-state index contributed by atoms with van der Waals surface area (Å²) in [5, 5.41) is 9.05. The molecule has 0 aromatic heterocycles. The van der Waals surface area contributed by atoms with Crippen molar-refractivity contribution < 1.29 is 27.1 Å². The zero-order chi connectivity index (χ0) is 11.6. The first-order chi connectivity index (χ1) is 6.78. The van der Waals surface area contributed by atoms with Crippen LogP contribution in [0.15, 0.2) is 18.2 Å². The Hall–Kier alpha value is -1.17. The topological polar surface area (TPSA) is 20.2 Å². The minimum absolute atomic E-state index is 0.426. The van der Waals surface area contributed by atoms with E-state index in [-0.39, 0.29) is 0 Å². The van der Waals surface area contributed by atoms with E-state index in [1.807, 2.05) is 0 Å². The summed E-state index contributed by atoms with van der Waals surface area (Å²) in [6, 6.07) is 1.85. The Morgan fingerprint density at radius 3 is 1.93 bits per heavy atom. The van der Waals surface area contributed by atoms with Crippen molar-refractivity contribution in [3.8, 4) is 0 Å². The standard InChI is InChI=1S/C9H7F5O/c10-6-1-5(2-7(11)3-6)8(15)4-9(12,13)14/h1-3,8,15H,4H2. The largest absolute Gasteiger partial charge is 0.391 e. The molecule has 0 heterocycles. The molecular formula is C9H7F5O. The van der Waals surface area contributed by atoms with Crippen molar-refractivity contribution in [2.45, 2.75) is 18.7 Å². The van der Waals surface area contributed by atoms with E-state index in [2.05, 4.69) is 0 Å². The zero-order valence-corrected chi connectivity index (χ0v) is 7.35. The maximum atomic E-state index is 12.6. The molecule has 1 aromatic carbocycles. The van der Waals surface area contributed by atoms with Gasteiger partial charge in [0.25, 0.3) is 0 Å². The van der Waals surface area contributed by atoms with Crippen LogP contribution >= 0.6 is 0 Å². The summed E-state index contributed by atoms with van der Waals surface area (Å²) in [5.41, 5.74) is -0.426. The van der Waals surface area contributed by atoms with Crippen molar-refractivity contribution in [1.29, 1.82) is 0 Å². The van der Waals surface area contributed by atoms with Gasteiger partial charge in [-0.05, 0) is 17.7 Å². The molecule has 6 heteroatoms. The molecule has 0 aliphatic rings. The number of benzene rings is 1. The summed E-state index contributed by atoms with van der Waals surface area (Å²) in [5.74, 6) is -2.04. The lowest BCUT2D eigenvalue weighted by Gasteiger charge is -2.13. The quantitative estimate of drug-likeness (QED) is 0.768. The molecule has 0 saturated carbocycles. The second-order valence-electron chi connectivity index (χ2n) is 3.04. The van der Waals surface area contributed by atoms with Gasteiger partial charge in [-0.25, -0.2) is 8.78 Å². The Balaban J connectivity index is 2.86. The average molecular weight is 226 g/mol. The molecule has 0 aliphatic heterocycles. The summed E-state index contributed by atoms with van der Waals surface area (Å²) in [4.78, 5) is 0. The Kier molecular flexibility index (Phi) is 3.28. The number of hydrogen-bond acceptors (Lipinski definition) is 1. The predicted octanol–water partition coefficient (Wildman–Crippen LogP) is 2.95. The molecule has 1 N–H and O–H groups in total. The molecule has 1 rings (SSSR count). The van der Waals surface area contributed by atoms with Gasteiger partial charge in [-0.3, -0.25) is 0 Å². The molecule has 0 radical (unpaired) electrons. The molecule has 0 aliphatic carbocycles. The zero-order valence-electron chi connectivity index (χ0n) is 7.35. The van der Waals surface area contributed by atoms with Crippen molar-refractivity contribution in [3.63, 3.8) is 0 Å². The van der Waals surface area contributed by atoms with Gasteiger partial charge >= 0.3 is 6.18 Å². The normalized spacial score (nSPS) is 14.0. The maximum absolute atomic E-state index is 12.6. The summed E-state index contributed by atoms with van der Waals surface area (Å²) >= 11 is 0. The summed E-state index contributed by atoms with van der Waals surface area (Å²) in [7, 11) is 0. The van der Waals surface area contributed by atoms with Crippen molar-refractivity contribution in [1.82, 2.24) is 0 Å². The lowest BCUT2D eigenvalue weighted by atomic mass is 10.1. The van der Waals surface area contributed by atoms with E-state index < -0.39 is 35.9 Å². The van der Waals surface area contributed by atoms with E-state index in [9.17, 15) is 22.0 Å². The van der Waals surface area contributed by atoms with E-state index in [4.69, 9.17) is 5.11 Å². The van der Waals surface area contributed by atoms with Gasteiger partial charge in [0.1, 0.15) is 11.6 Å². The highest BCUT2D eigenvalue weighted by molar-refractivity contribution is 5.20. The van der Waals surface area contributed by atoms with Crippen molar-refractivity contribution in [2.75, 3.05) is 0 Å². The molecule has 0 spiro atoms. The molecule has 0 saturated heterocycles. The van der Waals surface area contributed by atoms with Crippen molar-refractivity contribution in [3.05, 3.63) is 35.4 Å². The molecule has 0 bridgehead atoms. The van der Waals surface area contributed by atoms with Gasteiger partial charge in [0.05, 0.1) is 12.5 Å². The first-order valence-electron chi connectivity index (χ1n) is 3.99. The molecule has 1 atom stereocenters.